The van der Waals surface area contributed by atoms with Crippen LogP contribution in [0.25, 0.3) is 10.4 Å². The van der Waals surface area contributed by atoms with Crippen molar-refractivity contribution in [3.63, 3.8) is 0 Å². The lowest BCUT2D eigenvalue weighted by Crippen LogP contribution is -2.38. The Morgan fingerprint density at radius 1 is 1.26 bits per heavy atom. The molecule has 2 aromatic heterocycles. The van der Waals surface area contributed by atoms with Crippen molar-refractivity contribution in [2.45, 2.75) is 13.5 Å². The molecule has 0 N–H and O–H groups in total. The Hall–Kier alpha value is -1.17. The van der Waals surface area contributed by atoms with Gasteiger partial charge in [0.15, 0.2) is 0 Å². The van der Waals surface area contributed by atoms with Crippen molar-refractivity contribution in [3.05, 3.63) is 29.4 Å². The van der Waals surface area contributed by atoms with E-state index >= 15 is 0 Å². The first-order valence-corrected chi connectivity index (χ1v) is 7.52. The summed E-state index contributed by atoms with van der Waals surface area (Å²) in [4.78, 5) is 5.08. The lowest BCUT2D eigenvalue weighted by atomic mass is 10.3. The smallest absolute Gasteiger partial charge is 0.0594 e. The van der Waals surface area contributed by atoms with E-state index in [9.17, 15) is 0 Å². The van der Waals surface area contributed by atoms with Gasteiger partial charge in [0, 0.05) is 41.1 Å². The average molecular weight is 277 g/mol. The molecule has 0 atom stereocenters. The zero-order valence-corrected chi connectivity index (χ0v) is 12.0. The molecule has 0 amide bonds. The first-order valence-electron chi connectivity index (χ1n) is 6.70. The molecule has 5 heteroatoms. The van der Waals surface area contributed by atoms with E-state index in [0.717, 1.165) is 39.4 Å². The number of hydrogen-bond acceptors (Lipinski definition) is 4. The molecule has 102 valence electrons. The van der Waals surface area contributed by atoms with E-state index in [-0.39, 0.29) is 0 Å². The topological polar surface area (TPSA) is 30.3 Å². The predicted molar refractivity (Wildman–Crippen MR) is 77.5 cm³/mol. The molecule has 4 nitrogen and oxygen atoms in total. The summed E-state index contributed by atoms with van der Waals surface area (Å²) in [5.74, 6) is 0. The van der Waals surface area contributed by atoms with Crippen molar-refractivity contribution >= 4 is 11.3 Å². The number of ether oxygens (including phenoxy) is 1. The van der Waals surface area contributed by atoms with E-state index in [1.165, 1.54) is 15.3 Å². The minimum Gasteiger partial charge on any atom is -0.379 e. The van der Waals surface area contributed by atoms with E-state index < -0.39 is 0 Å². The summed E-state index contributed by atoms with van der Waals surface area (Å²) in [7, 11) is 0. The number of aromatic nitrogens is 2. The van der Waals surface area contributed by atoms with Gasteiger partial charge in [0.2, 0.25) is 0 Å². The maximum Gasteiger partial charge on any atom is 0.0594 e. The SMILES string of the molecule is Cc1ccc(-c2cnn(CCN3CCOCC3)c2)s1. The second-order valence-electron chi connectivity index (χ2n) is 4.86. The Kier molecular flexibility index (Phi) is 3.96. The second kappa shape index (κ2) is 5.86. The molecular weight excluding hydrogens is 258 g/mol. The highest BCUT2D eigenvalue weighted by molar-refractivity contribution is 7.15. The van der Waals surface area contributed by atoms with Gasteiger partial charge in [-0.25, -0.2) is 0 Å². The van der Waals surface area contributed by atoms with Gasteiger partial charge in [0.25, 0.3) is 0 Å². The molecule has 0 unspecified atom stereocenters. The van der Waals surface area contributed by atoms with Crippen molar-refractivity contribution in [1.82, 2.24) is 14.7 Å². The summed E-state index contributed by atoms with van der Waals surface area (Å²) in [5.41, 5.74) is 1.22. The molecule has 19 heavy (non-hydrogen) atoms. The molecule has 0 aliphatic carbocycles. The van der Waals surface area contributed by atoms with Gasteiger partial charge in [-0.2, -0.15) is 5.10 Å². The van der Waals surface area contributed by atoms with Gasteiger partial charge in [-0.3, -0.25) is 9.58 Å². The van der Waals surface area contributed by atoms with Crippen molar-refractivity contribution < 1.29 is 4.74 Å². The van der Waals surface area contributed by atoms with E-state index in [1.807, 2.05) is 22.2 Å². The summed E-state index contributed by atoms with van der Waals surface area (Å²) >= 11 is 1.82. The fourth-order valence-electron chi connectivity index (χ4n) is 2.27. The maximum absolute atomic E-state index is 5.35. The highest BCUT2D eigenvalue weighted by Crippen LogP contribution is 2.26. The minimum atomic E-state index is 0.860. The average Bonchev–Trinajstić information content (AvgIpc) is 3.06. The Labute approximate surface area is 117 Å². The highest BCUT2D eigenvalue weighted by atomic mass is 32.1. The van der Waals surface area contributed by atoms with Crippen LogP contribution in [0.4, 0.5) is 0 Å². The fraction of sp³-hybridized carbons (Fsp3) is 0.500. The van der Waals surface area contributed by atoms with Crippen molar-refractivity contribution in [2.24, 2.45) is 0 Å². The maximum atomic E-state index is 5.35. The predicted octanol–water partition coefficient (Wildman–Crippen LogP) is 2.25. The van der Waals surface area contributed by atoms with Crippen LogP contribution in [0, 0.1) is 6.92 Å². The standard InChI is InChI=1S/C14H19N3OS/c1-12-2-3-14(19-12)13-10-15-17(11-13)5-4-16-6-8-18-9-7-16/h2-3,10-11H,4-9H2,1H3. The third-order valence-electron chi connectivity index (χ3n) is 3.41. The summed E-state index contributed by atoms with van der Waals surface area (Å²) in [5, 5.41) is 4.45. The molecule has 0 spiro atoms. The van der Waals surface area contributed by atoms with Crippen LogP contribution < -0.4 is 0 Å². The molecule has 2 aromatic rings. The fourth-order valence-corrected chi connectivity index (χ4v) is 3.11. The van der Waals surface area contributed by atoms with Crippen molar-refractivity contribution in [2.75, 3.05) is 32.8 Å². The number of morpholine rings is 1. The summed E-state index contributed by atoms with van der Waals surface area (Å²) in [6.07, 6.45) is 4.11. The lowest BCUT2D eigenvalue weighted by molar-refractivity contribution is 0.0360. The zero-order valence-electron chi connectivity index (χ0n) is 11.2. The van der Waals surface area contributed by atoms with Gasteiger partial charge in [-0.15, -0.1) is 11.3 Å². The van der Waals surface area contributed by atoms with Crippen LogP contribution >= 0.6 is 11.3 Å². The number of thiophene rings is 1. The lowest BCUT2D eigenvalue weighted by Gasteiger charge is -2.26. The molecule has 1 saturated heterocycles. The molecule has 0 saturated carbocycles. The van der Waals surface area contributed by atoms with Crippen LogP contribution in [0.3, 0.4) is 0 Å². The third kappa shape index (κ3) is 3.23. The number of rotatable bonds is 4. The van der Waals surface area contributed by atoms with Crippen LogP contribution in [0.5, 0.6) is 0 Å². The van der Waals surface area contributed by atoms with Crippen LogP contribution in [-0.4, -0.2) is 47.5 Å². The molecule has 1 aliphatic rings. The van der Waals surface area contributed by atoms with Gasteiger partial charge in [-0.1, -0.05) is 0 Å². The van der Waals surface area contributed by atoms with Gasteiger partial charge in [0.1, 0.15) is 0 Å². The number of nitrogens with zero attached hydrogens (tertiary/aromatic N) is 3. The molecule has 0 bridgehead atoms. The Balaban J connectivity index is 1.58. The largest absolute Gasteiger partial charge is 0.379 e. The first-order chi connectivity index (χ1) is 9.31. The van der Waals surface area contributed by atoms with Crippen molar-refractivity contribution in [1.29, 1.82) is 0 Å². The van der Waals surface area contributed by atoms with Crippen LogP contribution in [0.1, 0.15) is 4.88 Å². The Morgan fingerprint density at radius 2 is 2.11 bits per heavy atom. The second-order valence-corrected chi connectivity index (χ2v) is 6.14. The van der Waals surface area contributed by atoms with Gasteiger partial charge in [0.05, 0.1) is 26.0 Å². The number of aryl methyl sites for hydroxylation is 1. The van der Waals surface area contributed by atoms with Crippen LogP contribution in [0.2, 0.25) is 0 Å². The van der Waals surface area contributed by atoms with E-state index in [0.29, 0.717) is 0 Å². The normalized spacial score (nSPS) is 16.9. The molecule has 0 aromatic carbocycles. The summed E-state index contributed by atoms with van der Waals surface area (Å²) in [6, 6.07) is 4.33. The zero-order chi connectivity index (χ0) is 13.1. The van der Waals surface area contributed by atoms with Gasteiger partial charge < -0.3 is 4.74 Å². The Morgan fingerprint density at radius 3 is 2.84 bits per heavy atom. The summed E-state index contributed by atoms with van der Waals surface area (Å²) in [6.45, 7) is 7.93. The van der Waals surface area contributed by atoms with E-state index in [4.69, 9.17) is 4.74 Å². The van der Waals surface area contributed by atoms with E-state index in [1.54, 1.807) is 0 Å². The van der Waals surface area contributed by atoms with Crippen LogP contribution in [0.15, 0.2) is 24.5 Å². The Bertz CT molecular complexity index is 528. The minimum absolute atomic E-state index is 0.860. The quantitative estimate of drug-likeness (QED) is 0.858. The first kappa shape index (κ1) is 12.8. The third-order valence-corrected chi connectivity index (χ3v) is 4.46. The molecule has 3 rings (SSSR count). The molecular formula is C14H19N3OS. The van der Waals surface area contributed by atoms with Gasteiger partial charge in [-0.05, 0) is 19.1 Å². The molecule has 3 heterocycles. The molecule has 0 radical (unpaired) electrons. The van der Waals surface area contributed by atoms with Crippen LogP contribution in [-0.2, 0) is 11.3 Å². The van der Waals surface area contributed by atoms with E-state index in [2.05, 4.69) is 35.3 Å². The molecule has 1 fully saturated rings. The monoisotopic (exact) mass is 277 g/mol. The highest BCUT2D eigenvalue weighted by Gasteiger charge is 2.10. The van der Waals surface area contributed by atoms with Gasteiger partial charge >= 0.3 is 0 Å². The number of hydrogen-bond donors (Lipinski definition) is 0. The molecule has 1 aliphatic heterocycles. The summed E-state index contributed by atoms with van der Waals surface area (Å²) < 4.78 is 7.39. The van der Waals surface area contributed by atoms with Crippen molar-refractivity contribution in [3.8, 4) is 10.4 Å².